The van der Waals surface area contributed by atoms with Crippen molar-refractivity contribution < 1.29 is 18.9 Å². The molecule has 1 aromatic heterocycles. The number of fused-ring (bicyclic) bond motifs is 1. The lowest BCUT2D eigenvalue weighted by molar-refractivity contribution is 0.284. The predicted octanol–water partition coefficient (Wildman–Crippen LogP) is 4.26. The summed E-state index contributed by atoms with van der Waals surface area (Å²) in [5, 5.41) is 0.839. The number of ether oxygens (including phenoxy) is 4. The number of aromatic nitrogens is 1. The smallest absolute Gasteiger partial charge is 0.141 e. The molecule has 0 radical (unpaired) electrons. The van der Waals surface area contributed by atoms with Gasteiger partial charge in [0.2, 0.25) is 0 Å². The maximum Gasteiger partial charge on any atom is 0.141 e. The van der Waals surface area contributed by atoms with Crippen molar-refractivity contribution in [3.8, 4) is 34.1 Å². The SMILES string of the molecule is COc1ccc(-c2cnc3cc(OC)cc(OC)c3c2OCCCN(C)C)cc1. The molecule has 0 amide bonds. The molecule has 0 saturated heterocycles. The average molecular weight is 396 g/mol. The largest absolute Gasteiger partial charge is 0.497 e. The molecule has 29 heavy (non-hydrogen) atoms. The molecule has 0 aliphatic rings. The fourth-order valence-corrected chi connectivity index (χ4v) is 3.19. The maximum atomic E-state index is 6.31. The minimum absolute atomic E-state index is 0.593. The van der Waals surface area contributed by atoms with Gasteiger partial charge >= 0.3 is 0 Å². The molecule has 1 heterocycles. The third-order valence-electron chi connectivity index (χ3n) is 4.71. The van der Waals surface area contributed by atoms with Gasteiger partial charge in [-0.1, -0.05) is 12.1 Å². The van der Waals surface area contributed by atoms with E-state index in [1.54, 1.807) is 21.3 Å². The highest BCUT2D eigenvalue weighted by Crippen LogP contribution is 2.42. The summed E-state index contributed by atoms with van der Waals surface area (Å²) in [5.41, 5.74) is 2.68. The highest BCUT2D eigenvalue weighted by atomic mass is 16.5. The minimum atomic E-state index is 0.593. The Balaban J connectivity index is 2.11. The number of nitrogens with zero attached hydrogens (tertiary/aromatic N) is 2. The zero-order chi connectivity index (χ0) is 20.8. The number of hydrogen-bond donors (Lipinski definition) is 0. The van der Waals surface area contributed by atoms with Gasteiger partial charge in [-0.15, -0.1) is 0 Å². The van der Waals surface area contributed by atoms with Gasteiger partial charge in [-0.05, 0) is 38.2 Å². The highest BCUT2D eigenvalue weighted by Gasteiger charge is 2.18. The van der Waals surface area contributed by atoms with Crippen LogP contribution in [0.25, 0.3) is 22.0 Å². The van der Waals surface area contributed by atoms with Crippen LogP contribution in [-0.4, -0.2) is 58.5 Å². The molecular formula is C23H28N2O4. The molecule has 0 aliphatic heterocycles. The molecule has 6 nitrogen and oxygen atoms in total. The van der Waals surface area contributed by atoms with Crippen molar-refractivity contribution in [2.75, 3.05) is 48.6 Å². The first-order chi connectivity index (χ1) is 14.1. The maximum absolute atomic E-state index is 6.31. The molecular weight excluding hydrogens is 368 g/mol. The second-order valence-electron chi connectivity index (χ2n) is 6.96. The van der Waals surface area contributed by atoms with Crippen molar-refractivity contribution >= 4 is 10.9 Å². The van der Waals surface area contributed by atoms with Gasteiger partial charge in [0.25, 0.3) is 0 Å². The molecule has 6 heteroatoms. The van der Waals surface area contributed by atoms with E-state index >= 15 is 0 Å². The summed E-state index contributed by atoms with van der Waals surface area (Å²) >= 11 is 0. The Labute approximate surface area is 172 Å². The standard InChI is InChI=1S/C23H28N2O4/c1-25(2)11-6-12-29-23-19(16-7-9-17(26-3)10-8-16)15-24-20-13-18(27-4)14-21(28-5)22(20)23/h7-10,13-15H,6,11-12H2,1-5H3. The zero-order valence-corrected chi connectivity index (χ0v) is 17.7. The Kier molecular flexibility index (Phi) is 6.77. The van der Waals surface area contributed by atoms with E-state index in [-0.39, 0.29) is 0 Å². The fraction of sp³-hybridized carbons (Fsp3) is 0.348. The average Bonchev–Trinajstić information content (AvgIpc) is 2.75. The Morgan fingerprint density at radius 3 is 2.24 bits per heavy atom. The molecule has 2 aromatic carbocycles. The first-order valence-electron chi connectivity index (χ1n) is 9.54. The predicted molar refractivity (Wildman–Crippen MR) is 116 cm³/mol. The lowest BCUT2D eigenvalue weighted by atomic mass is 10.0. The molecule has 0 bridgehead atoms. The van der Waals surface area contributed by atoms with Crippen LogP contribution in [0.1, 0.15) is 6.42 Å². The van der Waals surface area contributed by atoms with Gasteiger partial charge in [0, 0.05) is 30.4 Å². The fourth-order valence-electron chi connectivity index (χ4n) is 3.19. The Morgan fingerprint density at radius 1 is 0.897 bits per heavy atom. The van der Waals surface area contributed by atoms with Gasteiger partial charge in [-0.25, -0.2) is 0 Å². The quantitative estimate of drug-likeness (QED) is 0.504. The Morgan fingerprint density at radius 2 is 1.62 bits per heavy atom. The topological polar surface area (TPSA) is 53.1 Å². The van der Waals surface area contributed by atoms with E-state index < -0.39 is 0 Å². The van der Waals surface area contributed by atoms with Crippen LogP contribution in [0.2, 0.25) is 0 Å². The molecule has 0 unspecified atom stereocenters. The highest BCUT2D eigenvalue weighted by molar-refractivity contribution is 5.97. The van der Waals surface area contributed by atoms with Crippen molar-refractivity contribution in [1.82, 2.24) is 9.88 Å². The zero-order valence-electron chi connectivity index (χ0n) is 17.7. The summed E-state index contributed by atoms with van der Waals surface area (Å²) in [6.45, 7) is 1.54. The van der Waals surface area contributed by atoms with Gasteiger partial charge in [0.15, 0.2) is 0 Å². The summed E-state index contributed by atoms with van der Waals surface area (Å²) in [6, 6.07) is 11.6. The number of methoxy groups -OCH3 is 3. The third kappa shape index (κ3) is 4.71. The van der Waals surface area contributed by atoms with Crippen LogP contribution in [0, 0.1) is 0 Å². The van der Waals surface area contributed by atoms with Crippen LogP contribution in [0.5, 0.6) is 23.0 Å². The van der Waals surface area contributed by atoms with Crippen LogP contribution in [-0.2, 0) is 0 Å². The van der Waals surface area contributed by atoms with Crippen molar-refractivity contribution in [3.05, 3.63) is 42.6 Å². The van der Waals surface area contributed by atoms with E-state index in [2.05, 4.69) is 24.0 Å². The van der Waals surface area contributed by atoms with E-state index in [1.807, 2.05) is 42.6 Å². The summed E-state index contributed by atoms with van der Waals surface area (Å²) < 4.78 is 22.6. The van der Waals surface area contributed by atoms with Crippen LogP contribution in [0.15, 0.2) is 42.6 Å². The number of benzene rings is 2. The minimum Gasteiger partial charge on any atom is -0.497 e. The van der Waals surface area contributed by atoms with Crippen LogP contribution >= 0.6 is 0 Å². The van der Waals surface area contributed by atoms with Crippen LogP contribution in [0.3, 0.4) is 0 Å². The first kappa shape index (κ1) is 20.7. The second-order valence-corrected chi connectivity index (χ2v) is 6.96. The molecule has 0 atom stereocenters. The molecule has 0 saturated carbocycles. The Hall–Kier alpha value is -2.99. The van der Waals surface area contributed by atoms with E-state index in [0.717, 1.165) is 46.5 Å². The van der Waals surface area contributed by atoms with Crippen LogP contribution in [0.4, 0.5) is 0 Å². The molecule has 3 rings (SSSR count). The van der Waals surface area contributed by atoms with E-state index in [0.29, 0.717) is 18.1 Å². The van der Waals surface area contributed by atoms with Gasteiger partial charge in [0.05, 0.1) is 38.8 Å². The summed E-state index contributed by atoms with van der Waals surface area (Å²) in [5.74, 6) is 2.93. The van der Waals surface area contributed by atoms with E-state index in [1.165, 1.54) is 0 Å². The van der Waals surface area contributed by atoms with Crippen molar-refractivity contribution in [2.24, 2.45) is 0 Å². The van der Waals surface area contributed by atoms with Crippen molar-refractivity contribution in [2.45, 2.75) is 6.42 Å². The molecule has 0 N–H and O–H groups in total. The molecule has 154 valence electrons. The molecule has 0 aliphatic carbocycles. The lowest BCUT2D eigenvalue weighted by Gasteiger charge is -2.18. The normalized spacial score (nSPS) is 11.0. The van der Waals surface area contributed by atoms with Crippen molar-refractivity contribution in [3.63, 3.8) is 0 Å². The summed E-state index contributed by atoms with van der Waals surface area (Å²) in [6.07, 6.45) is 2.75. The number of rotatable bonds is 9. The molecule has 3 aromatic rings. The van der Waals surface area contributed by atoms with E-state index in [4.69, 9.17) is 18.9 Å². The van der Waals surface area contributed by atoms with Gasteiger partial charge in [-0.3, -0.25) is 4.98 Å². The van der Waals surface area contributed by atoms with E-state index in [9.17, 15) is 0 Å². The lowest BCUT2D eigenvalue weighted by Crippen LogP contribution is -2.15. The summed E-state index contributed by atoms with van der Waals surface area (Å²) in [4.78, 5) is 6.80. The van der Waals surface area contributed by atoms with Gasteiger partial charge in [-0.2, -0.15) is 0 Å². The molecule has 0 spiro atoms. The third-order valence-corrected chi connectivity index (χ3v) is 4.71. The summed E-state index contributed by atoms with van der Waals surface area (Å²) in [7, 11) is 9.04. The number of hydrogen-bond acceptors (Lipinski definition) is 6. The van der Waals surface area contributed by atoms with Gasteiger partial charge in [0.1, 0.15) is 23.0 Å². The van der Waals surface area contributed by atoms with Crippen molar-refractivity contribution in [1.29, 1.82) is 0 Å². The van der Waals surface area contributed by atoms with Crippen LogP contribution < -0.4 is 18.9 Å². The first-order valence-corrected chi connectivity index (χ1v) is 9.54. The Bertz CT molecular complexity index is 955. The van der Waals surface area contributed by atoms with Gasteiger partial charge < -0.3 is 23.8 Å². The molecule has 0 fully saturated rings. The monoisotopic (exact) mass is 396 g/mol. The second kappa shape index (κ2) is 9.47. The number of pyridine rings is 1.